The summed E-state index contributed by atoms with van der Waals surface area (Å²) in [6.07, 6.45) is -9.57. The van der Waals surface area contributed by atoms with E-state index in [1.165, 1.54) is 6.07 Å². The Labute approximate surface area is 201 Å². The number of aliphatic hydroxyl groups is 3. The Bertz CT molecular complexity index is 1480. The van der Waals surface area contributed by atoms with Crippen LogP contribution >= 0.6 is 0 Å². The summed E-state index contributed by atoms with van der Waals surface area (Å²) in [6, 6.07) is 5.36. The molecule has 0 spiro atoms. The molecule has 2 aromatic carbocycles. The van der Waals surface area contributed by atoms with Crippen LogP contribution in [0.5, 0.6) is 23.0 Å². The number of hydrogen-bond donors (Lipinski definition) is 8. The monoisotopic (exact) mass is 528 g/mol. The quantitative estimate of drug-likeness (QED) is 0.155. The van der Waals surface area contributed by atoms with E-state index in [2.05, 4.69) is 4.18 Å². The van der Waals surface area contributed by atoms with Crippen LogP contribution in [0.15, 0.2) is 39.5 Å². The lowest BCUT2D eigenvalue weighted by Crippen LogP contribution is -2.56. The zero-order chi connectivity index (χ0) is 26.5. The Morgan fingerprint density at radius 2 is 1.64 bits per heavy atom. The van der Waals surface area contributed by atoms with Crippen molar-refractivity contribution >= 4 is 21.4 Å². The molecule has 2 heterocycles. The van der Waals surface area contributed by atoms with Gasteiger partial charge in [0.25, 0.3) is 0 Å². The third-order valence-electron chi connectivity index (χ3n) is 5.65. The average molecular weight is 528 g/mol. The summed E-state index contributed by atoms with van der Waals surface area (Å²) in [6.45, 7) is -0.882. The maximum atomic E-state index is 12.9. The van der Waals surface area contributed by atoms with Gasteiger partial charge in [0.15, 0.2) is 16.9 Å². The summed E-state index contributed by atoms with van der Waals surface area (Å²) in [5.74, 6) is -2.84. The molecule has 1 saturated heterocycles. The molecular formula is C21H20O14S. The third-order valence-corrected chi connectivity index (χ3v) is 6.12. The van der Waals surface area contributed by atoms with Gasteiger partial charge in [0.1, 0.15) is 58.7 Å². The maximum absolute atomic E-state index is 12.9. The van der Waals surface area contributed by atoms with Crippen LogP contribution in [0.1, 0.15) is 11.7 Å². The van der Waals surface area contributed by atoms with Gasteiger partial charge in [0, 0.05) is 17.7 Å². The lowest BCUT2D eigenvalue weighted by atomic mass is 9.89. The SMILES string of the molecule is O=c1cc(-c2ccc(O)c(O)c2)oc2cc(O)c([C@@H]3O[C@H](CO)[C@@H](O)[C@H](O)[C@@H]3OS(=O)(=O)O)c(O)c12. The summed E-state index contributed by atoms with van der Waals surface area (Å²) in [5, 5.41) is 70.1. The number of aromatic hydroxyl groups is 4. The Kier molecular flexibility index (Phi) is 6.56. The van der Waals surface area contributed by atoms with Gasteiger partial charge in [-0.25, -0.2) is 4.18 Å². The van der Waals surface area contributed by atoms with Gasteiger partial charge >= 0.3 is 10.4 Å². The summed E-state index contributed by atoms with van der Waals surface area (Å²) in [5.41, 5.74) is -1.72. The van der Waals surface area contributed by atoms with E-state index in [-0.39, 0.29) is 16.9 Å². The predicted octanol–water partition coefficient (Wildman–Crippen LogP) is -0.376. The lowest BCUT2D eigenvalue weighted by molar-refractivity contribution is -0.226. The summed E-state index contributed by atoms with van der Waals surface area (Å²) in [7, 11) is -5.26. The minimum atomic E-state index is -5.26. The molecule has 15 heteroatoms. The minimum absolute atomic E-state index is 0.116. The van der Waals surface area contributed by atoms with Crippen molar-refractivity contribution in [3.63, 3.8) is 0 Å². The minimum Gasteiger partial charge on any atom is -0.507 e. The summed E-state index contributed by atoms with van der Waals surface area (Å²) in [4.78, 5) is 12.9. The van der Waals surface area contributed by atoms with Gasteiger partial charge in [-0.15, -0.1) is 0 Å². The van der Waals surface area contributed by atoms with Crippen LogP contribution in [0, 0.1) is 0 Å². The van der Waals surface area contributed by atoms with E-state index in [4.69, 9.17) is 13.7 Å². The van der Waals surface area contributed by atoms with Gasteiger partial charge in [-0.2, -0.15) is 8.42 Å². The molecule has 1 aliphatic rings. The van der Waals surface area contributed by atoms with Crippen LogP contribution in [0.3, 0.4) is 0 Å². The van der Waals surface area contributed by atoms with Gasteiger partial charge in [-0.1, -0.05) is 0 Å². The molecule has 0 radical (unpaired) electrons. The van der Waals surface area contributed by atoms with Crippen LogP contribution in [0.2, 0.25) is 0 Å². The van der Waals surface area contributed by atoms with E-state index in [1.807, 2.05) is 0 Å². The van der Waals surface area contributed by atoms with Crippen LogP contribution in [-0.4, -0.2) is 79.7 Å². The maximum Gasteiger partial charge on any atom is 0.397 e. The topological polar surface area (TPSA) is 245 Å². The summed E-state index contributed by atoms with van der Waals surface area (Å²) >= 11 is 0. The molecule has 8 N–H and O–H groups in total. The predicted molar refractivity (Wildman–Crippen MR) is 118 cm³/mol. The van der Waals surface area contributed by atoms with Crippen molar-refractivity contribution in [1.82, 2.24) is 0 Å². The largest absolute Gasteiger partial charge is 0.507 e. The van der Waals surface area contributed by atoms with Crippen LogP contribution in [-0.2, 0) is 19.3 Å². The molecule has 5 atom stereocenters. The first-order valence-electron chi connectivity index (χ1n) is 10.2. The van der Waals surface area contributed by atoms with Gasteiger partial charge in [-0.3, -0.25) is 9.35 Å². The molecule has 4 rings (SSSR count). The molecule has 0 unspecified atom stereocenters. The number of ether oxygens (including phenoxy) is 1. The highest BCUT2D eigenvalue weighted by Crippen LogP contribution is 2.46. The molecule has 1 aliphatic heterocycles. The second-order valence-corrected chi connectivity index (χ2v) is 9.00. The van der Waals surface area contributed by atoms with Crippen molar-refractivity contribution in [2.75, 3.05) is 6.61 Å². The first-order chi connectivity index (χ1) is 16.8. The van der Waals surface area contributed by atoms with Crippen LogP contribution in [0.4, 0.5) is 0 Å². The highest BCUT2D eigenvalue weighted by Gasteiger charge is 2.49. The zero-order valence-corrected chi connectivity index (χ0v) is 18.7. The van der Waals surface area contributed by atoms with Crippen molar-refractivity contribution in [3.05, 3.63) is 46.1 Å². The Morgan fingerprint density at radius 1 is 0.944 bits per heavy atom. The van der Waals surface area contributed by atoms with Gasteiger partial charge < -0.3 is 44.9 Å². The average Bonchev–Trinajstić information content (AvgIpc) is 2.78. The molecule has 0 aliphatic carbocycles. The van der Waals surface area contributed by atoms with Gasteiger partial charge in [-0.05, 0) is 18.2 Å². The number of phenolic OH excluding ortho intramolecular Hbond substituents is 4. The van der Waals surface area contributed by atoms with Crippen molar-refractivity contribution in [2.45, 2.75) is 30.5 Å². The first kappa shape index (κ1) is 25.6. The van der Waals surface area contributed by atoms with E-state index >= 15 is 0 Å². The fourth-order valence-corrected chi connectivity index (χ4v) is 4.47. The lowest BCUT2D eigenvalue weighted by Gasteiger charge is -2.41. The van der Waals surface area contributed by atoms with E-state index in [0.717, 1.165) is 24.3 Å². The number of phenols is 4. The molecule has 3 aromatic rings. The van der Waals surface area contributed by atoms with Gasteiger partial charge in [0.05, 0.1) is 12.2 Å². The van der Waals surface area contributed by atoms with E-state index < -0.39 is 86.9 Å². The molecule has 1 aromatic heterocycles. The van der Waals surface area contributed by atoms with Gasteiger partial charge in [0.2, 0.25) is 0 Å². The molecule has 1 fully saturated rings. The smallest absolute Gasteiger partial charge is 0.397 e. The Hall–Kier alpha value is -3.44. The van der Waals surface area contributed by atoms with Crippen molar-refractivity contribution in [1.29, 1.82) is 0 Å². The number of hydrogen-bond acceptors (Lipinski definition) is 13. The molecular weight excluding hydrogens is 508 g/mol. The number of fused-ring (bicyclic) bond motifs is 1. The normalized spacial score (nSPS) is 24.7. The molecule has 0 saturated carbocycles. The Morgan fingerprint density at radius 3 is 2.25 bits per heavy atom. The fraction of sp³-hybridized carbons (Fsp3) is 0.286. The molecule has 0 amide bonds. The summed E-state index contributed by atoms with van der Waals surface area (Å²) < 4.78 is 47.2. The van der Waals surface area contributed by atoms with E-state index in [9.17, 15) is 49.0 Å². The van der Waals surface area contributed by atoms with E-state index in [0.29, 0.717) is 0 Å². The highest BCUT2D eigenvalue weighted by atomic mass is 32.3. The Balaban J connectivity index is 1.89. The molecule has 36 heavy (non-hydrogen) atoms. The van der Waals surface area contributed by atoms with E-state index in [1.54, 1.807) is 0 Å². The number of aliphatic hydroxyl groups excluding tert-OH is 3. The first-order valence-corrected chi connectivity index (χ1v) is 11.5. The number of benzene rings is 2. The number of rotatable bonds is 5. The van der Waals surface area contributed by atoms with Crippen LogP contribution < -0.4 is 5.43 Å². The third kappa shape index (κ3) is 4.56. The second kappa shape index (κ2) is 9.21. The molecule has 194 valence electrons. The zero-order valence-electron chi connectivity index (χ0n) is 17.9. The van der Waals surface area contributed by atoms with Crippen molar-refractivity contribution < 1.29 is 62.1 Å². The van der Waals surface area contributed by atoms with Crippen LogP contribution in [0.25, 0.3) is 22.3 Å². The standard InChI is InChI=1S/C21H20O14S/c22-6-14-17(27)19(29)21(35-36(30,31)32)20(34-14)16-11(26)5-13-15(18(16)28)10(25)4-12(33-13)7-1-2-8(23)9(24)3-7/h1-5,14,17,19-24,26-29H,6H2,(H,30,31,32)/t14-,17-,19+,20+,21+/m1/s1. The molecule has 0 bridgehead atoms. The highest BCUT2D eigenvalue weighted by molar-refractivity contribution is 7.80. The second-order valence-electron chi connectivity index (χ2n) is 7.96. The molecule has 14 nitrogen and oxygen atoms in total. The van der Waals surface area contributed by atoms with Crippen molar-refractivity contribution in [3.8, 4) is 34.3 Å². The fourth-order valence-electron chi connectivity index (χ4n) is 3.97. The van der Waals surface area contributed by atoms with Crippen molar-refractivity contribution in [2.24, 2.45) is 0 Å².